The molecule has 2 unspecified atom stereocenters. The van der Waals surface area contributed by atoms with Crippen LogP contribution < -0.4 is 0 Å². The molecule has 0 spiro atoms. The fourth-order valence-corrected chi connectivity index (χ4v) is 9.75. The van der Waals surface area contributed by atoms with E-state index in [0.717, 1.165) is 11.6 Å². The van der Waals surface area contributed by atoms with Crippen molar-refractivity contribution >= 4 is 21.7 Å². The van der Waals surface area contributed by atoms with E-state index < -0.39 is 80.5 Å². The molecule has 1 N–H and O–H groups in total. The summed E-state index contributed by atoms with van der Waals surface area (Å²) < 4.78 is 138. The van der Waals surface area contributed by atoms with Gasteiger partial charge in [-0.1, -0.05) is 37.3 Å². The lowest BCUT2D eigenvalue weighted by Gasteiger charge is -2.44. The second kappa shape index (κ2) is 11.2. The molecule has 1 saturated heterocycles. The lowest BCUT2D eigenvalue weighted by molar-refractivity contribution is -0.348. The van der Waals surface area contributed by atoms with Gasteiger partial charge in [0.1, 0.15) is 4.75 Å². The van der Waals surface area contributed by atoms with Crippen molar-refractivity contribution in [2.75, 3.05) is 6.54 Å². The van der Waals surface area contributed by atoms with Gasteiger partial charge in [-0.3, -0.25) is 4.79 Å². The minimum Gasteiger partial charge on any atom is -0.479 e. The van der Waals surface area contributed by atoms with Gasteiger partial charge in [0.25, 0.3) is 0 Å². The number of carboxylic acid groups (broad SMARTS) is 1. The second-order valence-corrected chi connectivity index (χ2v) is 14.5. The molecule has 2 aromatic rings. The maximum Gasteiger partial charge on any atom is 0.435 e. The summed E-state index contributed by atoms with van der Waals surface area (Å²) in [6.07, 6.45) is -13.9. The highest BCUT2D eigenvalue weighted by molar-refractivity contribution is 7.92. The van der Waals surface area contributed by atoms with E-state index in [1.165, 1.54) is 17.0 Å². The van der Waals surface area contributed by atoms with Crippen molar-refractivity contribution in [2.45, 2.75) is 97.7 Å². The van der Waals surface area contributed by atoms with Crippen LogP contribution in [0.2, 0.25) is 0 Å². The molecule has 0 bridgehead atoms. The van der Waals surface area contributed by atoms with Crippen LogP contribution >= 0.6 is 0 Å². The van der Waals surface area contributed by atoms with E-state index in [1.54, 1.807) is 12.1 Å². The van der Waals surface area contributed by atoms with Crippen LogP contribution in [0.1, 0.15) is 67.7 Å². The fourth-order valence-electron chi connectivity index (χ4n) is 7.38. The molecular formula is C31H31F8NO5S. The standard InChI is InChI=1S/C31H31F8NO5S/c1-2-18-3-7-22(8-4-18)46(44,45)28-15-16-40(25(41)19-11-13-27(32,14-12-19)26(42)43)24(28)10-5-20-17-21(6-9-23(20)28)29(33,30(34,35)36)31(37,38)39/h3-4,6-9,17,19,24H,2,5,10-16H2,1H3,(H,42,43). The summed E-state index contributed by atoms with van der Waals surface area (Å²) in [6, 6.07) is 6.25. The SMILES string of the molecule is CCc1ccc(S(=O)(=O)C23CCN(C(=O)C4CCC(F)(C(=O)O)CC4)C2CCc2cc(C(F)(C(F)(F)F)C(F)(F)F)ccc23)cc1. The molecule has 2 fully saturated rings. The maximum absolute atomic E-state index is 15.0. The number of hydrogen-bond acceptors (Lipinski definition) is 4. The first-order valence-electron chi connectivity index (χ1n) is 14.8. The highest BCUT2D eigenvalue weighted by Crippen LogP contribution is 2.57. The zero-order chi connectivity index (χ0) is 34.1. The number of aliphatic carboxylic acids is 1. The van der Waals surface area contributed by atoms with Crippen molar-refractivity contribution in [3.05, 3.63) is 64.7 Å². The van der Waals surface area contributed by atoms with Crippen LogP contribution in [0.5, 0.6) is 0 Å². The molecule has 0 aromatic heterocycles. The van der Waals surface area contributed by atoms with Crippen LogP contribution in [0.3, 0.4) is 0 Å². The normalized spacial score (nSPS) is 27.2. The predicted octanol–water partition coefficient (Wildman–Crippen LogP) is 6.74. The van der Waals surface area contributed by atoms with Crippen LogP contribution in [0.15, 0.2) is 47.4 Å². The molecule has 5 rings (SSSR count). The third-order valence-electron chi connectivity index (χ3n) is 9.98. The van der Waals surface area contributed by atoms with Crippen molar-refractivity contribution in [1.82, 2.24) is 4.90 Å². The first-order chi connectivity index (χ1) is 21.2. The van der Waals surface area contributed by atoms with E-state index in [0.29, 0.717) is 18.6 Å². The van der Waals surface area contributed by atoms with E-state index in [2.05, 4.69) is 0 Å². The van der Waals surface area contributed by atoms with Crippen LogP contribution in [0.4, 0.5) is 35.1 Å². The zero-order valence-corrected chi connectivity index (χ0v) is 25.3. The fraction of sp³-hybridized carbons (Fsp3) is 0.548. The van der Waals surface area contributed by atoms with Crippen LogP contribution in [0.25, 0.3) is 0 Å². The van der Waals surface area contributed by atoms with Gasteiger partial charge in [-0.15, -0.1) is 0 Å². The van der Waals surface area contributed by atoms with Crippen molar-refractivity contribution in [3.8, 4) is 0 Å². The van der Waals surface area contributed by atoms with Gasteiger partial charge in [0.2, 0.25) is 11.6 Å². The number of fused-ring (bicyclic) bond motifs is 3. The summed E-state index contributed by atoms with van der Waals surface area (Å²) in [5.74, 6) is -3.00. The van der Waals surface area contributed by atoms with Crippen molar-refractivity contribution in [1.29, 1.82) is 0 Å². The van der Waals surface area contributed by atoms with E-state index in [-0.39, 0.29) is 54.7 Å². The van der Waals surface area contributed by atoms with Gasteiger partial charge in [0, 0.05) is 18.0 Å². The Hall–Kier alpha value is -3.23. The molecule has 1 amide bonds. The Kier molecular flexibility index (Phi) is 8.30. The lowest BCUT2D eigenvalue weighted by Crippen LogP contribution is -2.54. The van der Waals surface area contributed by atoms with Gasteiger partial charge in [0.05, 0.1) is 10.9 Å². The first-order valence-corrected chi connectivity index (χ1v) is 16.3. The summed E-state index contributed by atoms with van der Waals surface area (Å²) in [7, 11) is -4.50. The number of alkyl halides is 8. The molecule has 3 aliphatic rings. The average molecular weight is 682 g/mol. The number of sulfone groups is 1. The number of aryl methyl sites for hydroxylation is 2. The molecule has 2 aliphatic carbocycles. The van der Waals surface area contributed by atoms with Crippen molar-refractivity contribution < 1.29 is 58.2 Å². The van der Waals surface area contributed by atoms with Gasteiger partial charge in [0.15, 0.2) is 9.84 Å². The summed E-state index contributed by atoms with van der Waals surface area (Å²) >= 11 is 0. The monoisotopic (exact) mass is 681 g/mol. The number of nitrogens with zero attached hydrogens (tertiary/aromatic N) is 1. The Balaban J connectivity index is 1.62. The van der Waals surface area contributed by atoms with Gasteiger partial charge in [-0.05, 0) is 80.2 Å². The minimum atomic E-state index is -6.37. The summed E-state index contributed by atoms with van der Waals surface area (Å²) in [4.78, 5) is 26.3. The highest BCUT2D eigenvalue weighted by atomic mass is 32.2. The largest absolute Gasteiger partial charge is 0.479 e. The van der Waals surface area contributed by atoms with Crippen LogP contribution in [-0.4, -0.2) is 60.9 Å². The molecule has 15 heteroatoms. The summed E-state index contributed by atoms with van der Waals surface area (Å²) in [6.45, 7) is 1.69. The Morgan fingerprint density at radius 2 is 1.50 bits per heavy atom. The molecule has 2 atom stereocenters. The topological polar surface area (TPSA) is 91.8 Å². The van der Waals surface area contributed by atoms with Gasteiger partial charge in [-0.25, -0.2) is 22.0 Å². The Bertz CT molecular complexity index is 1620. The molecule has 1 aliphatic heterocycles. The third-order valence-corrected chi connectivity index (χ3v) is 12.5. The maximum atomic E-state index is 15.0. The van der Waals surface area contributed by atoms with E-state index in [1.807, 2.05) is 6.92 Å². The smallest absolute Gasteiger partial charge is 0.435 e. The molecule has 0 radical (unpaired) electrons. The number of carboxylic acids is 1. The Morgan fingerprint density at radius 1 is 0.913 bits per heavy atom. The molecule has 1 saturated carbocycles. The summed E-state index contributed by atoms with van der Waals surface area (Å²) in [5.41, 5.74) is -9.48. The van der Waals surface area contributed by atoms with Crippen LogP contribution in [0, 0.1) is 5.92 Å². The van der Waals surface area contributed by atoms with Gasteiger partial charge >= 0.3 is 24.0 Å². The number of rotatable bonds is 6. The molecule has 252 valence electrons. The number of hydrogen-bond donors (Lipinski definition) is 1. The minimum absolute atomic E-state index is 0.115. The lowest BCUT2D eigenvalue weighted by atomic mass is 9.76. The first kappa shape index (κ1) is 34.1. The summed E-state index contributed by atoms with van der Waals surface area (Å²) in [5, 5.41) is 9.22. The highest BCUT2D eigenvalue weighted by Gasteiger charge is 2.74. The molecule has 46 heavy (non-hydrogen) atoms. The second-order valence-electron chi connectivity index (χ2n) is 12.3. The number of carbonyl (C=O) groups is 2. The zero-order valence-electron chi connectivity index (χ0n) is 24.5. The molecule has 6 nitrogen and oxygen atoms in total. The van der Waals surface area contributed by atoms with E-state index in [9.17, 15) is 53.8 Å². The molecular weight excluding hydrogens is 650 g/mol. The molecule has 2 aromatic carbocycles. The van der Waals surface area contributed by atoms with Gasteiger partial charge < -0.3 is 10.0 Å². The number of carbonyl (C=O) groups excluding carboxylic acids is 1. The van der Waals surface area contributed by atoms with Crippen LogP contribution in [-0.2, 0) is 42.7 Å². The van der Waals surface area contributed by atoms with Crippen molar-refractivity contribution in [2.24, 2.45) is 5.92 Å². The van der Waals surface area contributed by atoms with E-state index in [4.69, 9.17) is 0 Å². The van der Waals surface area contributed by atoms with Crippen molar-refractivity contribution in [3.63, 3.8) is 0 Å². The Morgan fingerprint density at radius 3 is 2.02 bits per heavy atom. The number of halogens is 8. The quantitative estimate of drug-likeness (QED) is 0.342. The Labute approximate surface area is 259 Å². The predicted molar refractivity (Wildman–Crippen MR) is 148 cm³/mol. The third kappa shape index (κ3) is 4.98. The number of benzene rings is 2. The molecule has 1 heterocycles. The van der Waals surface area contributed by atoms with Gasteiger partial charge in [-0.2, -0.15) is 26.3 Å². The van der Waals surface area contributed by atoms with E-state index >= 15 is 4.39 Å². The number of amides is 1. The number of likely N-dealkylation sites (tertiary alicyclic amines) is 1. The average Bonchev–Trinajstić information content (AvgIpc) is 3.41.